The zero-order valence-electron chi connectivity index (χ0n) is 12.8. The molecule has 0 saturated carbocycles. The first-order chi connectivity index (χ1) is 10.7. The van der Waals surface area contributed by atoms with Crippen molar-refractivity contribution >= 4 is 5.97 Å². The van der Waals surface area contributed by atoms with Gasteiger partial charge in [-0.25, -0.2) is 0 Å². The van der Waals surface area contributed by atoms with Crippen LogP contribution < -0.4 is 0 Å². The zero-order valence-corrected chi connectivity index (χ0v) is 12.8. The molecule has 0 spiro atoms. The molecule has 0 aliphatic carbocycles. The Morgan fingerprint density at radius 1 is 1.27 bits per heavy atom. The highest BCUT2D eigenvalue weighted by molar-refractivity contribution is 5.69. The number of carboxylic acid groups (broad SMARTS) is 1. The lowest BCUT2D eigenvalue weighted by molar-refractivity contribution is -0.138. The van der Waals surface area contributed by atoms with E-state index in [1.807, 2.05) is 16.9 Å². The van der Waals surface area contributed by atoms with Gasteiger partial charge in [-0.1, -0.05) is 0 Å². The van der Waals surface area contributed by atoms with Gasteiger partial charge in [-0.2, -0.15) is 5.10 Å². The lowest BCUT2D eigenvalue weighted by Gasteiger charge is -2.30. The molecule has 2 aliphatic rings. The first-order valence-corrected chi connectivity index (χ1v) is 7.94. The van der Waals surface area contributed by atoms with E-state index in [9.17, 15) is 4.79 Å². The third-order valence-corrected chi connectivity index (χ3v) is 4.41. The monoisotopic (exact) mass is 308 g/mol. The topological polar surface area (TPSA) is 70.8 Å². The second-order valence-electron chi connectivity index (χ2n) is 6.26. The van der Waals surface area contributed by atoms with E-state index >= 15 is 0 Å². The predicted octanol–water partition coefficient (Wildman–Crippen LogP) is -0.00960. The van der Waals surface area contributed by atoms with Gasteiger partial charge in [0.1, 0.15) is 0 Å². The van der Waals surface area contributed by atoms with Gasteiger partial charge in [0, 0.05) is 57.1 Å². The van der Waals surface area contributed by atoms with Gasteiger partial charge < -0.3 is 9.84 Å². The molecular formula is C15H24N4O3. The van der Waals surface area contributed by atoms with Crippen LogP contribution in [0.4, 0.5) is 0 Å². The minimum absolute atomic E-state index is 0.133. The summed E-state index contributed by atoms with van der Waals surface area (Å²) in [6.07, 6.45) is 4.83. The van der Waals surface area contributed by atoms with Crippen molar-refractivity contribution in [3.8, 4) is 0 Å². The van der Waals surface area contributed by atoms with E-state index in [4.69, 9.17) is 9.84 Å². The molecule has 0 unspecified atom stereocenters. The maximum absolute atomic E-state index is 11.0. The number of rotatable bonds is 6. The molecule has 122 valence electrons. The van der Waals surface area contributed by atoms with Gasteiger partial charge in [-0.05, 0) is 12.5 Å². The van der Waals surface area contributed by atoms with E-state index in [-0.39, 0.29) is 6.54 Å². The summed E-state index contributed by atoms with van der Waals surface area (Å²) in [5.74, 6) is -0.345. The Labute approximate surface area is 130 Å². The van der Waals surface area contributed by atoms with Crippen molar-refractivity contribution < 1.29 is 14.6 Å². The van der Waals surface area contributed by atoms with Crippen molar-refractivity contribution in [2.45, 2.75) is 19.0 Å². The molecule has 7 nitrogen and oxygen atoms in total. The van der Waals surface area contributed by atoms with Crippen molar-refractivity contribution in [3.05, 3.63) is 18.5 Å². The Morgan fingerprint density at radius 2 is 2.18 bits per heavy atom. The van der Waals surface area contributed by atoms with E-state index in [0.717, 1.165) is 45.8 Å². The number of fused-ring (bicyclic) bond motifs is 3. The van der Waals surface area contributed by atoms with Gasteiger partial charge in [0.05, 0.1) is 19.8 Å². The lowest BCUT2D eigenvalue weighted by atomic mass is 10.1. The third-order valence-electron chi connectivity index (χ3n) is 4.41. The van der Waals surface area contributed by atoms with E-state index < -0.39 is 5.97 Å². The number of nitrogens with zero attached hydrogens (tertiary/aromatic N) is 4. The van der Waals surface area contributed by atoms with E-state index in [1.54, 1.807) is 6.20 Å². The smallest absolute Gasteiger partial charge is 0.317 e. The van der Waals surface area contributed by atoms with Crippen LogP contribution in [0.1, 0.15) is 6.42 Å². The molecule has 2 atom stereocenters. The molecule has 3 heterocycles. The third kappa shape index (κ3) is 4.06. The fourth-order valence-corrected chi connectivity index (χ4v) is 3.49. The molecule has 1 N–H and O–H groups in total. The van der Waals surface area contributed by atoms with Crippen LogP contribution in [-0.4, -0.2) is 82.6 Å². The number of aryl methyl sites for hydroxylation is 1. The molecule has 1 aromatic rings. The minimum atomic E-state index is -0.744. The summed E-state index contributed by atoms with van der Waals surface area (Å²) < 4.78 is 7.72. The van der Waals surface area contributed by atoms with Crippen molar-refractivity contribution in [3.63, 3.8) is 0 Å². The van der Waals surface area contributed by atoms with Crippen molar-refractivity contribution in [2.75, 3.05) is 45.9 Å². The van der Waals surface area contributed by atoms with E-state index in [0.29, 0.717) is 18.6 Å². The average molecular weight is 308 g/mol. The first-order valence-electron chi connectivity index (χ1n) is 7.94. The van der Waals surface area contributed by atoms with Crippen molar-refractivity contribution in [1.82, 2.24) is 19.6 Å². The fourth-order valence-electron chi connectivity index (χ4n) is 3.49. The molecule has 22 heavy (non-hydrogen) atoms. The molecule has 1 aromatic heterocycles. The van der Waals surface area contributed by atoms with Crippen molar-refractivity contribution in [1.29, 1.82) is 0 Å². The van der Waals surface area contributed by atoms with Gasteiger partial charge >= 0.3 is 5.97 Å². The van der Waals surface area contributed by atoms with Crippen LogP contribution >= 0.6 is 0 Å². The predicted molar refractivity (Wildman–Crippen MR) is 80.6 cm³/mol. The maximum Gasteiger partial charge on any atom is 0.317 e. The van der Waals surface area contributed by atoms with Gasteiger partial charge in [0.15, 0.2) is 0 Å². The summed E-state index contributed by atoms with van der Waals surface area (Å²) in [5.41, 5.74) is 0. The number of hydrogen-bond acceptors (Lipinski definition) is 5. The Balaban J connectivity index is 1.56. The molecule has 3 rings (SSSR count). The van der Waals surface area contributed by atoms with Gasteiger partial charge in [0.25, 0.3) is 0 Å². The number of aromatic nitrogens is 2. The fraction of sp³-hybridized carbons (Fsp3) is 0.733. The number of ether oxygens (including phenoxy) is 1. The number of carbonyl (C=O) groups is 1. The quantitative estimate of drug-likeness (QED) is 0.797. The van der Waals surface area contributed by atoms with Crippen LogP contribution in [0.25, 0.3) is 0 Å². The molecule has 7 heteroatoms. The zero-order chi connectivity index (χ0) is 15.4. The number of hydrogen-bond donors (Lipinski definition) is 1. The highest BCUT2D eigenvalue weighted by Gasteiger charge is 2.33. The standard InChI is InChI=1S/C15H24N4O3/c20-15(21)10-17-7-13-8-18(14(9-17)12-22-11-13)4-2-6-19-5-1-3-16-19/h1,3,5,13-14H,2,4,6-12H2,(H,20,21)/t13-,14-/m0/s1. The highest BCUT2D eigenvalue weighted by Crippen LogP contribution is 2.19. The average Bonchev–Trinajstić information content (AvgIpc) is 2.82. The summed E-state index contributed by atoms with van der Waals surface area (Å²) >= 11 is 0. The Hall–Kier alpha value is -1.44. The highest BCUT2D eigenvalue weighted by atomic mass is 16.5. The molecule has 0 aromatic carbocycles. The van der Waals surface area contributed by atoms with Gasteiger partial charge in [-0.15, -0.1) is 0 Å². The van der Waals surface area contributed by atoms with Gasteiger partial charge in [-0.3, -0.25) is 19.3 Å². The van der Waals surface area contributed by atoms with Crippen molar-refractivity contribution in [2.24, 2.45) is 5.92 Å². The summed E-state index contributed by atoms with van der Waals surface area (Å²) in [6.45, 7) is 6.10. The summed E-state index contributed by atoms with van der Waals surface area (Å²) in [4.78, 5) is 15.5. The minimum Gasteiger partial charge on any atom is -0.480 e. The molecule has 2 aliphatic heterocycles. The molecule has 0 amide bonds. The normalized spacial score (nSPS) is 26.7. The maximum atomic E-state index is 11.0. The van der Waals surface area contributed by atoms with E-state index in [1.165, 1.54) is 0 Å². The SMILES string of the molecule is O=C(O)CN1C[C@@H]2COC[C@H](C1)N(CCCn1cccn1)C2. The number of aliphatic carboxylic acids is 1. The van der Waals surface area contributed by atoms with Crippen LogP contribution in [0.15, 0.2) is 18.5 Å². The first kappa shape index (κ1) is 15.5. The van der Waals surface area contributed by atoms with Crippen LogP contribution in [0.3, 0.4) is 0 Å². The largest absolute Gasteiger partial charge is 0.480 e. The van der Waals surface area contributed by atoms with E-state index in [2.05, 4.69) is 14.9 Å². The second-order valence-corrected chi connectivity index (χ2v) is 6.26. The lowest BCUT2D eigenvalue weighted by Crippen LogP contribution is -2.45. The number of carboxylic acids is 1. The molecule has 2 fully saturated rings. The van der Waals surface area contributed by atoms with Crippen LogP contribution in [0.2, 0.25) is 0 Å². The Morgan fingerprint density at radius 3 is 2.95 bits per heavy atom. The molecule has 2 saturated heterocycles. The van der Waals surface area contributed by atoms with Gasteiger partial charge in [0.2, 0.25) is 0 Å². The van der Waals surface area contributed by atoms with Crippen LogP contribution in [0.5, 0.6) is 0 Å². The molecule has 2 bridgehead atoms. The second kappa shape index (κ2) is 7.21. The van der Waals surface area contributed by atoms with Crippen LogP contribution in [0, 0.1) is 5.92 Å². The molecular weight excluding hydrogens is 284 g/mol. The summed E-state index contributed by atoms with van der Waals surface area (Å²) in [5, 5.41) is 13.3. The summed E-state index contributed by atoms with van der Waals surface area (Å²) in [6, 6.07) is 2.24. The van der Waals surface area contributed by atoms with Crippen LogP contribution in [-0.2, 0) is 16.1 Å². The summed E-state index contributed by atoms with van der Waals surface area (Å²) in [7, 11) is 0. The Bertz CT molecular complexity index is 479. The molecule has 0 radical (unpaired) electrons. The Kier molecular flexibility index (Phi) is 5.07.